The second-order valence-electron chi connectivity index (χ2n) is 8.66. The van der Waals surface area contributed by atoms with E-state index in [4.69, 9.17) is 4.74 Å². The van der Waals surface area contributed by atoms with E-state index in [0.29, 0.717) is 17.8 Å². The van der Waals surface area contributed by atoms with Crippen LogP contribution in [0.25, 0.3) is 11.0 Å². The van der Waals surface area contributed by atoms with Crippen LogP contribution >= 0.6 is 0 Å². The zero-order valence-corrected chi connectivity index (χ0v) is 17.7. The minimum Gasteiger partial charge on any atom is -0.459 e. The maximum atomic E-state index is 13.2. The fraction of sp³-hybridized carbons (Fsp3) is 0.652. The lowest BCUT2D eigenvalue weighted by atomic mass is 9.75. The molecule has 4 atom stereocenters. The third kappa shape index (κ3) is 3.76. The zero-order chi connectivity index (χ0) is 19.7. The molecule has 1 aliphatic carbocycles. The van der Waals surface area contributed by atoms with E-state index in [2.05, 4.69) is 56.0 Å². The predicted molar refractivity (Wildman–Crippen MR) is 108 cm³/mol. The van der Waals surface area contributed by atoms with Gasteiger partial charge in [-0.05, 0) is 49.7 Å². The molecule has 1 saturated carbocycles. The molecule has 0 radical (unpaired) electrons. The molecule has 27 heavy (non-hydrogen) atoms. The summed E-state index contributed by atoms with van der Waals surface area (Å²) < 4.78 is 10.5. The molecule has 1 aromatic heterocycles. The summed E-state index contributed by atoms with van der Waals surface area (Å²) in [5.74, 6) is 2.70. The Morgan fingerprint density at radius 2 is 1.96 bits per heavy atom. The van der Waals surface area contributed by atoms with E-state index in [9.17, 15) is 4.79 Å². The molecule has 4 heteroatoms. The Labute approximate surface area is 163 Å². The molecule has 0 N–H and O–H groups in total. The van der Waals surface area contributed by atoms with Gasteiger partial charge in [-0.1, -0.05) is 46.2 Å². The van der Waals surface area contributed by atoms with Crippen LogP contribution in [-0.2, 0) is 23.0 Å². The van der Waals surface area contributed by atoms with Gasteiger partial charge < -0.3 is 4.74 Å². The van der Waals surface area contributed by atoms with Crippen LogP contribution in [0.1, 0.15) is 65.7 Å². The highest BCUT2D eigenvalue weighted by atomic mass is 16.5. The van der Waals surface area contributed by atoms with Crippen LogP contribution in [0.4, 0.5) is 0 Å². The highest BCUT2D eigenvalue weighted by molar-refractivity contribution is 5.79. The largest absolute Gasteiger partial charge is 0.459 e. The Hall–Kier alpha value is -1.84. The number of esters is 1. The van der Waals surface area contributed by atoms with Crippen molar-refractivity contribution in [3.63, 3.8) is 0 Å². The van der Waals surface area contributed by atoms with E-state index in [0.717, 1.165) is 36.1 Å². The summed E-state index contributed by atoms with van der Waals surface area (Å²) in [6.07, 6.45) is 4.31. The molecule has 0 saturated heterocycles. The van der Waals surface area contributed by atoms with Gasteiger partial charge in [0.05, 0.1) is 7.05 Å². The second-order valence-corrected chi connectivity index (χ2v) is 8.66. The molecule has 1 heterocycles. The van der Waals surface area contributed by atoms with Gasteiger partial charge in [-0.3, -0.25) is 0 Å². The van der Waals surface area contributed by atoms with Gasteiger partial charge >= 0.3 is 5.97 Å². The Bertz CT molecular complexity index is 808. The number of carbonyl (C=O) groups is 1. The minimum absolute atomic E-state index is 0.0457. The normalized spacial score (nSPS) is 24.3. The number of fused-ring (bicyclic) bond motifs is 1. The van der Waals surface area contributed by atoms with Crippen LogP contribution in [0.5, 0.6) is 0 Å². The van der Waals surface area contributed by atoms with Crippen LogP contribution in [0.15, 0.2) is 24.3 Å². The molecule has 0 amide bonds. The number of aromatic nitrogens is 2. The van der Waals surface area contributed by atoms with Gasteiger partial charge in [0.25, 0.3) is 5.82 Å². The lowest BCUT2D eigenvalue weighted by Gasteiger charge is -2.37. The number of nitrogens with zero attached hydrogens (tertiary/aromatic N) is 2. The highest BCUT2D eigenvalue weighted by Crippen LogP contribution is 2.36. The average Bonchev–Trinajstić information content (AvgIpc) is 2.93. The van der Waals surface area contributed by atoms with Gasteiger partial charge in [-0.2, -0.15) is 0 Å². The molecule has 1 fully saturated rings. The smallest absolute Gasteiger partial charge is 0.351 e. The van der Waals surface area contributed by atoms with Crippen LogP contribution in [0.3, 0.4) is 0 Å². The molecule has 0 bridgehead atoms. The summed E-state index contributed by atoms with van der Waals surface area (Å²) >= 11 is 0. The molecule has 0 aliphatic heterocycles. The summed E-state index contributed by atoms with van der Waals surface area (Å²) in [7, 11) is 2.08. The third-order valence-corrected chi connectivity index (χ3v) is 6.44. The lowest BCUT2D eigenvalue weighted by molar-refractivity contribution is -0.654. The summed E-state index contributed by atoms with van der Waals surface area (Å²) in [4.78, 5) is 13.2. The van der Waals surface area contributed by atoms with Gasteiger partial charge in [0.1, 0.15) is 6.10 Å². The van der Waals surface area contributed by atoms with E-state index in [-0.39, 0.29) is 18.1 Å². The number of benzene rings is 1. The summed E-state index contributed by atoms with van der Waals surface area (Å²) in [5, 5.41) is 0. The Balaban J connectivity index is 1.88. The number of carbonyl (C=O) groups excluding carboxylic acids is 1. The van der Waals surface area contributed by atoms with Gasteiger partial charge in [-0.25, -0.2) is 13.9 Å². The van der Waals surface area contributed by atoms with Crippen molar-refractivity contribution in [2.24, 2.45) is 24.8 Å². The van der Waals surface area contributed by atoms with Crippen LogP contribution in [-0.4, -0.2) is 16.6 Å². The maximum absolute atomic E-state index is 13.2. The van der Waals surface area contributed by atoms with Crippen LogP contribution in [0.2, 0.25) is 0 Å². The molecule has 4 nitrogen and oxygen atoms in total. The Morgan fingerprint density at radius 3 is 2.63 bits per heavy atom. The molecule has 2 aromatic rings. The van der Waals surface area contributed by atoms with E-state index in [1.54, 1.807) is 0 Å². The predicted octanol–water partition coefficient (Wildman–Crippen LogP) is 4.59. The number of ether oxygens (including phenoxy) is 1. The SMILES string of the molecule is CCc1n([C@H](C)C(=O)O[C@@H]2C[C@H](C)CC[C@H]2C(C)C)c2ccccc2[n+]1C. The number of hydrogen-bond donors (Lipinski definition) is 0. The standard InChI is InChI=1S/C23H35N2O2/c1-7-22-24(6)19-10-8-9-11-20(19)25(22)17(5)23(26)27-21-14-16(4)12-13-18(21)15(2)3/h8-11,15-18,21H,7,12-14H2,1-6H3/q+1/t16-,17-,18+,21-/m1/s1. The van der Waals surface area contributed by atoms with Crippen molar-refractivity contribution in [1.82, 2.24) is 4.57 Å². The van der Waals surface area contributed by atoms with Crippen molar-refractivity contribution < 1.29 is 14.1 Å². The molecule has 0 spiro atoms. The van der Waals surface area contributed by atoms with Crippen molar-refractivity contribution in [2.75, 3.05) is 0 Å². The van der Waals surface area contributed by atoms with Crippen molar-refractivity contribution in [1.29, 1.82) is 0 Å². The van der Waals surface area contributed by atoms with E-state index in [1.807, 2.05) is 19.1 Å². The summed E-state index contributed by atoms with van der Waals surface area (Å²) in [6, 6.07) is 7.97. The van der Waals surface area contributed by atoms with E-state index in [1.165, 1.54) is 6.42 Å². The Morgan fingerprint density at radius 1 is 1.26 bits per heavy atom. The number of aryl methyl sites for hydroxylation is 1. The lowest BCUT2D eigenvalue weighted by Crippen LogP contribution is -2.38. The van der Waals surface area contributed by atoms with E-state index < -0.39 is 0 Å². The molecule has 0 unspecified atom stereocenters. The maximum Gasteiger partial charge on any atom is 0.351 e. The van der Waals surface area contributed by atoms with Crippen molar-refractivity contribution >= 4 is 17.0 Å². The van der Waals surface area contributed by atoms with Gasteiger partial charge in [0.15, 0.2) is 17.1 Å². The number of para-hydroxylation sites is 2. The number of imidazole rings is 1. The molecule has 3 rings (SSSR count). The third-order valence-electron chi connectivity index (χ3n) is 6.44. The van der Waals surface area contributed by atoms with Gasteiger partial charge in [0, 0.05) is 6.42 Å². The number of rotatable bonds is 5. The molecular weight excluding hydrogens is 336 g/mol. The number of hydrogen-bond acceptors (Lipinski definition) is 2. The first-order chi connectivity index (χ1) is 12.8. The fourth-order valence-corrected chi connectivity index (χ4v) is 4.83. The summed E-state index contributed by atoms with van der Waals surface area (Å²) in [6.45, 7) is 10.9. The first-order valence-electron chi connectivity index (χ1n) is 10.5. The minimum atomic E-state index is -0.323. The fourth-order valence-electron chi connectivity index (χ4n) is 4.83. The van der Waals surface area contributed by atoms with E-state index >= 15 is 0 Å². The Kier molecular flexibility index (Phi) is 5.92. The van der Waals surface area contributed by atoms with Crippen LogP contribution < -0.4 is 4.57 Å². The van der Waals surface area contributed by atoms with Crippen molar-refractivity contribution in [3.8, 4) is 0 Å². The first kappa shape index (κ1) is 19.9. The van der Waals surface area contributed by atoms with Gasteiger partial charge in [0.2, 0.25) is 0 Å². The zero-order valence-electron chi connectivity index (χ0n) is 17.7. The van der Waals surface area contributed by atoms with Crippen molar-refractivity contribution in [3.05, 3.63) is 30.1 Å². The average molecular weight is 372 g/mol. The topological polar surface area (TPSA) is 35.1 Å². The second kappa shape index (κ2) is 8.04. The first-order valence-corrected chi connectivity index (χ1v) is 10.5. The molecular formula is C23H35N2O2+. The van der Waals surface area contributed by atoms with Crippen LogP contribution in [0, 0.1) is 17.8 Å². The quantitative estimate of drug-likeness (QED) is 0.569. The van der Waals surface area contributed by atoms with Gasteiger partial charge in [-0.15, -0.1) is 0 Å². The summed E-state index contributed by atoms with van der Waals surface area (Å²) in [5.41, 5.74) is 2.25. The molecule has 1 aliphatic rings. The molecule has 1 aromatic carbocycles. The van der Waals surface area contributed by atoms with Crippen molar-refractivity contribution in [2.45, 2.75) is 72.4 Å². The monoisotopic (exact) mass is 371 g/mol. The highest BCUT2D eigenvalue weighted by Gasteiger charge is 2.37. The molecule has 148 valence electrons.